The Hall–Kier alpha value is -4.02. The average molecular weight is 494 g/mol. The zero-order valence-corrected chi connectivity index (χ0v) is 19.8. The molecule has 0 aliphatic carbocycles. The highest BCUT2D eigenvalue weighted by Gasteiger charge is 2.47. The highest BCUT2D eigenvalue weighted by Crippen LogP contribution is 2.41. The van der Waals surface area contributed by atoms with Crippen LogP contribution in [0.1, 0.15) is 31.1 Å². The van der Waals surface area contributed by atoms with Gasteiger partial charge in [-0.3, -0.25) is 19.5 Å². The molecule has 180 valence electrons. The lowest BCUT2D eigenvalue weighted by atomic mass is 9.98. The third-order valence-corrected chi connectivity index (χ3v) is 6.26. The maximum atomic E-state index is 13.2. The van der Waals surface area contributed by atoms with E-state index in [-0.39, 0.29) is 28.0 Å². The zero-order valence-electron chi connectivity index (χ0n) is 19.0. The van der Waals surface area contributed by atoms with Gasteiger partial charge in [0.15, 0.2) is 0 Å². The third kappa shape index (κ3) is 4.79. The zero-order chi connectivity index (χ0) is 25.3. The van der Waals surface area contributed by atoms with Crippen LogP contribution in [0, 0.1) is 0 Å². The summed E-state index contributed by atoms with van der Waals surface area (Å²) in [5.41, 5.74) is 0.738. The number of carbonyl (C=O) groups excluding carboxylic acids is 2. The molecule has 9 nitrogen and oxygen atoms in total. The first kappa shape index (κ1) is 24.1. The van der Waals surface area contributed by atoms with Crippen LogP contribution in [-0.2, 0) is 19.6 Å². The summed E-state index contributed by atoms with van der Waals surface area (Å²) in [6.07, 6.45) is 1.41. The predicted molar refractivity (Wildman–Crippen MR) is 129 cm³/mol. The van der Waals surface area contributed by atoms with E-state index in [4.69, 9.17) is 9.88 Å². The highest BCUT2D eigenvalue weighted by molar-refractivity contribution is 7.89. The molecule has 10 heteroatoms. The largest absolute Gasteiger partial charge is 0.507 e. The number of pyridine rings is 1. The number of hydrogen-bond donors (Lipinski definition) is 2. The van der Waals surface area contributed by atoms with Gasteiger partial charge in [0, 0.05) is 17.4 Å². The summed E-state index contributed by atoms with van der Waals surface area (Å²) in [5.74, 6) is -1.67. The van der Waals surface area contributed by atoms with E-state index < -0.39 is 27.8 Å². The van der Waals surface area contributed by atoms with Crippen molar-refractivity contribution in [3.05, 3.63) is 89.8 Å². The van der Waals surface area contributed by atoms with Crippen LogP contribution in [0.3, 0.4) is 0 Å². The van der Waals surface area contributed by atoms with Crippen molar-refractivity contribution in [2.24, 2.45) is 5.14 Å². The maximum absolute atomic E-state index is 13.2. The summed E-state index contributed by atoms with van der Waals surface area (Å²) in [7, 11) is -3.95. The van der Waals surface area contributed by atoms with E-state index in [0.717, 1.165) is 0 Å². The number of nitrogens with zero attached hydrogens (tertiary/aromatic N) is 2. The number of aromatic nitrogens is 1. The van der Waals surface area contributed by atoms with Crippen LogP contribution in [0.4, 0.5) is 5.69 Å². The number of rotatable bonds is 6. The molecule has 4 rings (SSSR count). The molecular weight excluding hydrogens is 470 g/mol. The molecule has 3 aromatic rings. The van der Waals surface area contributed by atoms with Crippen LogP contribution in [0.25, 0.3) is 5.76 Å². The van der Waals surface area contributed by atoms with Crippen LogP contribution in [-0.4, -0.2) is 36.3 Å². The second-order valence-corrected chi connectivity index (χ2v) is 9.72. The molecule has 35 heavy (non-hydrogen) atoms. The molecule has 2 heterocycles. The van der Waals surface area contributed by atoms with E-state index in [2.05, 4.69) is 4.98 Å². The number of sulfonamides is 1. The van der Waals surface area contributed by atoms with E-state index in [1.807, 2.05) is 13.8 Å². The van der Waals surface area contributed by atoms with Crippen molar-refractivity contribution in [3.8, 4) is 5.75 Å². The normalized spacial score (nSPS) is 17.7. The summed E-state index contributed by atoms with van der Waals surface area (Å²) < 4.78 is 29.0. The molecule has 2 aromatic carbocycles. The lowest BCUT2D eigenvalue weighted by Gasteiger charge is -2.24. The van der Waals surface area contributed by atoms with Crippen molar-refractivity contribution < 1.29 is 27.9 Å². The number of amides is 1. The molecule has 1 aromatic heterocycles. The number of anilines is 1. The summed E-state index contributed by atoms with van der Waals surface area (Å²) in [6, 6.07) is 15.8. The summed E-state index contributed by atoms with van der Waals surface area (Å²) in [4.78, 5) is 31.7. The van der Waals surface area contributed by atoms with E-state index >= 15 is 0 Å². The van der Waals surface area contributed by atoms with Gasteiger partial charge in [-0.2, -0.15) is 0 Å². The van der Waals surface area contributed by atoms with Gasteiger partial charge in [-0.15, -0.1) is 0 Å². The fraction of sp³-hybridized carbons (Fsp3) is 0.160. The Morgan fingerprint density at radius 1 is 1.06 bits per heavy atom. The van der Waals surface area contributed by atoms with Crippen molar-refractivity contribution >= 4 is 33.2 Å². The van der Waals surface area contributed by atoms with E-state index in [1.165, 1.54) is 35.4 Å². The topological polar surface area (TPSA) is 140 Å². The molecule has 3 N–H and O–H groups in total. The molecule has 1 aliphatic rings. The highest BCUT2D eigenvalue weighted by atomic mass is 32.2. The van der Waals surface area contributed by atoms with Crippen LogP contribution in [0.5, 0.6) is 5.75 Å². The van der Waals surface area contributed by atoms with E-state index in [9.17, 15) is 23.1 Å². The molecule has 1 unspecified atom stereocenters. The fourth-order valence-corrected chi connectivity index (χ4v) is 4.37. The number of carbonyl (C=O) groups is 2. The van der Waals surface area contributed by atoms with Gasteiger partial charge >= 0.3 is 0 Å². The Morgan fingerprint density at radius 2 is 1.77 bits per heavy atom. The number of nitrogens with two attached hydrogens (primary N) is 1. The van der Waals surface area contributed by atoms with Gasteiger partial charge in [0.05, 0.1) is 22.3 Å². The maximum Gasteiger partial charge on any atom is 0.300 e. The number of aliphatic hydroxyl groups excluding tert-OH is 1. The molecular formula is C25H23N3O6S. The molecule has 1 saturated heterocycles. The number of primary sulfonamides is 1. The van der Waals surface area contributed by atoms with Crippen LogP contribution in [0.2, 0.25) is 0 Å². The second kappa shape index (κ2) is 9.32. The molecule has 0 spiro atoms. The molecule has 1 amide bonds. The SMILES string of the molecule is CC(C)Oc1cccc(/C(O)=C2\C(=O)C(=O)N(c3ccc(S(N)(=O)=O)cc3)C2c2ccccn2)c1. The monoisotopic (exact) mass is 493 g/mol. The lowest BCUT2D eigenvalue weighted by Crippen LogP contribution is -2.29. The summed E-state index contributed by atoms with van der Waals surface area (Å²) in [5, 5.41) is 16.4. The van der Waals surface area contributed by atoms with E-state index in [1.54, 1.807) is 42.5 Å². The average Bonchev–Trinajstić information content (AvgIpc) is 3.09. The van der Waals surface area contributed by atoms with Gasteiger partial charge in [0.25, 0.3) is 11.7 Å². The second-order valence-electron chi connectivity index (χ2n) is 8.16. The molecule has 1 atom stereocenters. The number of ether oxygens (including phenoxy) is 1. The number of ketones is 1. The Kier molecular flexibility index (Phi) is 6.42. The van der Waals surface area contributed by atoms with Crippen molar-refractivity contribution in [1.82, 2.24) is 4.98 Å². The minimum Gasteiger partial charge on any atom is -0.507 e. The van der Waals surface area contributed by atoms with Gasteiger partial charge in [-0.25, -0.2) is 13.6 Å². The molecule has 0 saturated carbocycles. The smallest absolute Gasteiger partial charge is 0.300 e. The molecule has 1 aliphatic heterocycles. The molecule has 0 bridgehead atoms. The Bertz CT molecular complexity index is 1420. The number of aliphatic hydroxyl groups is 1. The first-order chi connectivity index (χ1) is 16.6. The predicted octanol–water partition coefficient (Wildman–Crippen LogP) is 3.14. The van der Waals surface area contributed by atoms with Crippen LogP contribution < -0.4 is 14.8 Å². The number of benzene rings is 2. The van der Waals surface area contributed by atoms with Gasteiger partial charge in [0.2, 0.25) is 10.0 Å². The molecule has 0 radical (unpaired) electrons. The fourth-order valence-electron chi connectivity index (χ4n) is 3.86. The van der Waals surface area contributed by atoms with Crippen molar-refractivity contribution in [2.75, 3.05) is 4.90 Å². The summed E-state index contributed by atoms with van der Waals surface area (Å²) >= 11 is 0. The first-order valence-corrected chi connectivity index (χ1v) is 12.2. The lowest BCUT2D eigenvalue weighted by molar-refractivity contribution is -0.132. The molecule has 1 fully saturated rings. The standard InChI is InChI=1S/C25H23N3O6S/c1-15(2)34-18-7-5-6-16(14-18)23(29)21-22(20-8-3-4-13-27-20)28(25(31)24(21)30)17-9-11-19(12-10-17)35(26,32)33/h3-15,22,29H,1-2H3,(H2,26,32,33)/b23-21+. The van der Waals surface area contributed by atoms with Gasteiger partial charge in [0.1, 0.15) is 17.6 Å². The number of hydrogen-bond acceptors (Lipinski definition) is 7. The Morgan fingerprint density at radius 3 is 2.37 bits per heavy atom. The van der Waals surface area contributed by atoms with Crippen LogP contribution in [0.15, 0.2) is 83.4 Å². The van der Waals surface area contributed by atoms with Gasteiger partial charge in [-0.1, -0.05) is 18.2 Å². The van der Waals surface area contributed by atoms with Crippen molar-refractivity contribution in [3.63, 3.8) is 0 Å². The van der Waals surface area contributed by atoms with Crippen LogP contribution >= 0.6 is 0 Å². The minimum absolute atomic E-state index is 0.105. The summed E-state index contributed by atoms with van der Waals surface area (Å²) in [6.45, 7) is 3.72. The van der Waals surface area contributed by atoms with Gasteiger partial charge in [-0.05, 0) is 62.4 Å². The van der Waals surface area contributed by atoms with Gasteiger partial charge < -0.3 is 9.84 Å². The quantitative estimate of drug-likeness (QED) is 0.305. The minimum atomic E-state index is -3.95. The first-order valence-electron chi connectivity index (χ1n) is 10.7. The van der Waals surface area contributed by atoms with Crippen molar-refractivity contribution in [2.45, 2.75) is 30.9 Å². The van der Waals surface area contributed by atoms with E-state index in [0.29, 0.717) is 17.0 Å². The Labute approximate surface area is 202 Å². The van der Waals surface area contributed by atoms with Crippen molar-refractivity contribution in [1.29, 1.82) is 0 Å². The number of Topliss-reactive ketones (excluding diaryl/α,β-unsaturated/α-hetero) is 1. The third-order valence-electron chi connectivity index (χ3n) is 5.34. The Balaban J connectivity index is 1.88.